The first kappa shape index (κ1) is 14.6. The number of ether oxygens (including phenoxy) is 2. The van der Waals surface area contributed by atoms with Gasteiger partial charge in [-0.3, -0.25) is 0 Å². The van der Waals surface area contributed by atoms with Gasteiger partial charge in [0, 0.05) is 11.5 Å². The summed E-state index contributed by atoms with van der Waals surface area (Å²) in [5.41, 5.74) is 2.17. The molecule has 0 amide bonds. The second-order valence-corrected chi connectivity index (χ2v) is 6.03. The molecule has 4 rings (SSSR count). The van der Waals surface area contributed by atoms with Crippen LogP contribution >= 0.6 is 0 Å². The third-order valence-corrected chi connectivity index (χ3v) is 4.78. The highest BCUT2D eigenvalue weighted by Crippen LogP contribution is 2.61. The Morgan fingerprint density at radius 1 is 1.17 bits per heavy atom. The van der Waals surface area contributed by atoms with Crippen molar-refractivity contribution in [3.63, 3.8) is 0 Å². The summed E-state index contributed by atoms with van der Waals surface area (Å²) in [4.78, 5) is 7.95. The Bertz CT molecular complexity index is 924. The van der Waals surface area contributed by atoms with Crippen molar-refractivity contribution in [2.24, 2.45) is 0 Å². The number of nitriles is 1. The number of hydrogen-bond acceptors (Lipinski definition) is 4. The van der Waals surface area contributed by atoms with Crippen LogP contribution in [0.25, 0.3) is 11.0 Å². The number of aromatic nitrogens is 2. The summed E-state index contributed by atoms with van der Waals surface area (Å²) in [5.74, 6) is 2.13. The van der Waals surface area contributed by atoms with Crippen LogP contribution in [0.4, 0.5) is 0 Å². The maximum Gasteiger partial charge on any atom is 0.164 e. The van der Waals surface area contributed by atoms with Gasteiger partial charge in [0.05, 0.1) is 31.3 Å². The first-order valence-electron chi connectivity index (χ1n) is 7.81. The van der Waals surface area contributed by atoms with Crippen LogP contribution < -0.4 is 9.47 Å². The zero-order valence-electron chi connectivity index (χ0n) is 13.5. The van der Waals surface area contributed by atoms with E-state index in [2.05, 4.69) is 16.0 Å². The predicted molar refractivity (Wildman–Crippen MR) is 90.3 cm³/mol. The molecule has 1 heterocycles. The van der Waals surface area contributed by atoms with Gasteiger partial charge in [0.2, 0.25) is 0 Å². The molecule has 2 atom stereocenters. The van der Waals surface area contributed by atoms with E-state index in [4.69, 9.17) is 9.47 Å². The number of imidazole rings is 1. The van der Waals surface area contributed by atoms with Crippen LogP contribution in [0.5, 0.6) is 11.5 Å². The molecule has 1 saturated carbocycles. The first-order valence-corrected chi connectivity index (χ1v) is 7.81. The van der Waals surface area contributed by atoms with Crippen LogP contribution in [-0.2, 0) is 5.41 Å². The molecule has 1 aliphatic carbocycles. The zero-order valence-corrected chi connectivity index (χ0v) is 13.5. The van der Waals surface area contributed by atoms with Crippen molar-refractivity contribution >= 4 is 11.0 Å². The van der Waals surface area contributed by atoms with Gasteiger partial charge in [-0.05, 0) is 24.6 Å². The number of hydrogen-bond donors (Lipinski definition) is 1. The van der Waals surface area contributed by atoms with Gasteiger partial charge in [0.25, 0.3) is 0 Å². The van der Waals surface area contributed by atoms with Crippen LogP contribution in [0.3, 0.4) is 0 Å². The second kappa shape index (κ2) is 5.27. The van der Waals surface area contributed by atoms with Crippen LogP contribution in [0.2, 0.25) is 0 Å². The van der Waals surface area contributed by atoms with E-state index in [0.717, 1.165) is 22.4 Å². The third kappa shape index (κ3) is 1.96. The Morgan fingerprint density at radius 3 is 2.71 bits per heavy atom. The number of H-pyrrole nitrogens is 1. The minimum Gasteiger partial charge on any atom is -0.493 e. The lowest BCUT2D eigenvalue weighted by atomic mass is 9.98. The van der Waals surface area contributed by atoms with Gasteiger partial charge >= 0.3 is 0 Å². The minimum atomic E-state index is -0.640. The molecule has 0 radical (unpaired) electrons. The summed E-state index contributed by atoms with van der Waals surface area (Å²) in [6, 6.07) is 16.1. The summed E-state index contributed by atoms with van der Waals surface area (Å²) < 4.78 is 10.9. The zero-order chi connectivity index (χ0) is 16.7. The number of methoxy groups -OCH3 is 2. The molecule has 3 aromatic rings. The van der Waals surface area contributed by atoms with E-state index in [1.807, 2.05) is 42.5 Å². The van der Waals surface area contributed by atoms with Crippen molar-refractivity contribution in [1.82, 2.24) is 9.97 Å². The van der Waals surface area contributed by atoms with Crippen LogP contribution in [0.15, 0.2) is 42.5 Å². The highest BCUT2D eigenvalue weighted by molar-refractivity contribution is 5.75. The van der Waals surface area contributed by atoms with Crippen molar-refractivity contribution < 1.29 is 9.47 Å². The monoisotopic (exact) mass is 319 g/mol. The SMILES string of the molecule is COc1cccc([C@H]2C[C@]2(C#N)c2nc3ccccc3[nH]2)c1OC. The average Bonchev–Trinajstić information content (AvgIpc) is 3.22. The van der Waals surface area contributed by atoms with Crippen LogP contribution in [-0.4, -0.2) is 24.2 Å². The number of rotatable bonds is 4. The number of fused-ring (bicyclic) bond motifs is 1. The molecule has 1 aromatic heterocycles. The Morgan fingerprint density at radius 2 is 2.00 bits per heavy atom. The van der Waals surface area contributed by atoms with Gasteiger partial charge in [-0.1, -0.05) is 24.3 Å². The largest absolute Gasteiger partial charge is 0.493 e. The molecule has 2 aromatic carbocycles. The molecule has 0 spiro atoms. The van der Waals surface area contributed by atoms with Crippen molar-refractivity contribution in [1.29, 1.82) is 5.26 Å². The summed E-state index contributed by atoms with van der Waals surface area (Å²) in [6.45, 7) is 0. The summed E-state index contributed by atoms with van der Waals surface area (Å²) in [7, 11) is 3.24. The molecule has 1 fully saturated rings. The fourth-order valence-electron chi connectivity index (χ4n) is 3.43. The molecular formula is C19H17N3O2. The Labute approximate surface area is 139 Å². The number of nitrogens with zero attached hydrogens (tertiary/aromatic N) is 2. The average molecular weight is 319 g/mol. The molecule has 1 aliphatic rings. The molecule has 5 heteroatoms. The fraction of sp³-hybridized carbons (Fsp3) is 0.263. The molecule has 0 bridgehead atoms. The lowest BCUT2D eigenvalue weighted by Gasteiger charge is -2.13. The number of benzene rings is 2. The van der Waals surface area contributed by atoms with Gasteiger partial charge in [0.1, 0.15) is 11.2 Å². The molecule has 5 nitrogen and oxygen atoms in total. The van der Waals surface area contributed by atoms with Crippen molar-refractivity contribution in [3.8, 4) is 17.6 Å². The molecule has 120 valence electrons. The molecule has 24 heavy (non-hydrogen) atoms. The van der Waals surface area contributed by atoms with Crippen LogP contribution in [0.1, 0.15) is 23.7 Å². The lowest BCUT2D eigenvalue weighted by Crippen LogP contribution is -2.09. The summed E-state index contributed by atoms with van der Waals surface area (Å²) in [5, 5.41) is 9.87. The Kier molecular flexibility index (Phi) is 3.20. The molecular weight excluding hydrogens is 302 g/mol. The normalized spacial score (nSPS) is 22.1. The minimum absolute atomic E-state index is 0.0353. The standard InChI is InChI=1S/C19H17N3O2/c1-23-16-9-5-6-12(17(16)24-2)13-10-19(13,11-20)18-21-14-7-3-4-8-15(14)22-18/h3-9,13H,10H2,1-2H3,(H,21,22)/t13-,19-/m1/s1. The van der Waals surface area contributed by atoms with E-state index in [1.54, 1.807) is 14.2 Å². The van der Waals surface area contributed by atoms with E-state index in [9.17, 15) is 5.26 Å². The van der Waals surface area contributed by atoms with Gasteiger partial charge in [0.15, 0.2) is 11.5 Å². The van der Waals surface area contributed by atoms with E-state index >= 15 is 0 Å². The summed E-state index contributed by atoms with van der Waals surface area (Å²) in [6.07, 6.45) is 0.715. The van der Waals surface area contributed by atoms with Crippen molar-refractivity contribution in [2.45, 2.75) is 17.8 Å². The Hall–Kier alpha value is -3.00. The number of para-hydroxylation sites is 3. The molecule has 1 N–H and O–H groups in total. The second-order valence-electron chi connectivity index (χ2n) is 6.03. The van der Waals surface area contributed by atoms with Crippen LogP contribution in [0, 0.1) is 11.3 Å². The third-order valence-electron chi connectivity index (χ3n) is 4.78. The molecule has 0 saturated heterocycles. The molecule has 0 aliphatic heterocycles. The number of aromatic amines is 1. The maximum absolute atomic E-state index is 9.87. The molecule has 0 unspecified atom stereocenters. The highest BCUT2D eigenvalue weighted by atomic mass is 16.5. The first-order chi connectivity index (χ1) is 11.7. The fourth-order valence-corrected chi connectivity index (χ4v) is 3.43. The Balaban J connectivity index is 1.79. The van der Waals surface area contributed by atoms with Gasteiger partial charge in [-0.2, -0.15) is 5.26 Å². The van der Waals surface area contributed by atoms with Gasteiger partial charge in [-0.15, -0.1) is 0 Å². The van der Waals surface area contributed by atoms with E-state index in [0.29, 0.717) is 17.9 Å². The van der Waals surface area contributed by atoms with Gasteiger partial charge in [-0.25, -0.2) is 4.98 Å². The highest BCUT2D eigenvalue weighted by Gasteiger charge is 2.60. The summed E-state index contributed by atoms with van der Waals surface area (Å²) >= 11 is 0. The smallest absolute Gasteiger partial charge is 0.164 e. The van der Waals surface area contributed by atoms with E-state index in [1.165, 1.54) is 0 Å². The predicted octanol–water partition coefficient (Wildman–Crippen LogP) is 3.53. The van der Waals surface area contributed by atoms with E-state index < -0.39 is 5.41 Å². The van der Waals surface area contributed by atoms with Crippen molar-refractivity contribution in [3.05, 3.63) is 53.9 Å². The lowest BCUT2D eigenvalue weighted by molar-refractivity contribution is 0.351. The van der Waals surface area contributed by atoms with Gasteiger partial charge < -0.3 is 14.5 Å². The number of nitrogens with one attached hydrogen (secondary N) is 1. The van der Waals surface area contributed by atoms with E-state index in [-0.39, 0.29) is 5.92 Å². The quantitative estimate of drug-likeness (QED) is 0.798. The topological polar surface area (TPSA) is 70.9 Å². The van der Waals surface area contributed by atoms with Crippen molar-refractivity contribution in [2.75, 3.05) is 14.2 Å². The maximum atomic E-state index is 9.87.